The lowest BCUT2D eigenvalue weighted by molar-refractivity contribution is -0.0303. The van der Waals surface area contributed by atoms with Gasteiger partial charge in [-0.25, -0.2) is 18.7 Å². The zero-order chi connectivity index (χ0) is 27.5. The topological polar surface area (TPSA) is 93.2 Å². The van der Waals surface area contributed by atoms with Gasteiger partial charge in [-0.05, 0) is 44.5 Å². The first-order chi connectivity index (χ1) is 18.4. The number of ether oxygens (including phenoxy) is 6. The molecular weight excluding hydrogens is 500 g/mol. The molecule has 1 N–H and O–H groups in total. The van der Waals surface area contributed by atoms with E-state index in [1.165, 1.54) is 26.6 Å². The Morgan fingerprint density at radius 1 is 0.868 bits per heavy atom. The number of aromatic nitrogens is 2. The third-order valence-corrected chi connectivity index (χ3v) is 5.44. The molecule has 0 amide bonds. The average Bonchev–Trinajstić information content (AvgIpc) is 2.92. The van der Waals surface area contributed by atoms with Gasteiger partial charge in [-0.15, -0.1) is 0 Å². The molecule has 1 unspecified atom stereocenters. The minimum atomic E-state index is -0.865. The summed E-state index contributed by atoms with van der Waals surface area (Å²) >= 11 is 0. The van der Waals surface area contributed by atoms with Crippen LogP contribution in [-0.4, -0.2) is 56.7 Å². The predicted molar refractivity (Wildman–Crippen MR) is 138 cm³/mol. The molecule has 38 heavy (non-hydrogen) atoms. The van der Waals surface area contributed by atoms with Crippen molar-refractivity contribution >= 4 is 11.6 Å². The molecule has 3 rings (SSSR count). The second-order valence-corrected chi connectivity index (χ2v) is 8.07. The summed E-state index contributed by atoms with van der Waals surface area (Å²) in [7, 11) is 2.56. The Morgan fingerprint density at radius 2 is 1.55 bits per heavy atom. The van der Waals surface area contributed by atoms with Crippen molar-refractivity contribution in [2.45, 2.75) is 33.5 Å². The molecule has 0 fully saturated rings. The molecule has 0 radical (unpaired) electrons. The zero-order valence-corrected chi connectivity index (χ0v) is 22.2. The second kappa shape index (κ2) is 14.3. The lowest BCUT2D eigenvalue weighted by atomic mass is 10.1. The van der Waals surface area contributed by atoms with Crippen LogP contribution in [0, 0.1) is 18.6 Å². The maximum absolute atomic E-state index is 14.5. The van der Waals surface area contributed by atoms with E-state index < -0.39 is 18.2 Å². The largest absolute Gasteiger partial charge is 0.494 e. The van der Waals surface area contributed by atoms with E-state index in [2.05, 4.69) is 15.3 Å². The molecule has 1 aromatic heterocycles. The highest BCUT2D eigenvalue weighted by molar-refractivity contribution is 5.57. The van der Waals surface area contributed by atoms with Crippen LogP contribution < -0.4 is 24.3 Å². The van der Waals surface area contributed by atoms with E-state index in [1.54, 1.807) is 0 Å². The van der Waals surface area contributed by atoms with Crippen LogP contribution in [0.4, 0.5) is 20.4 Å². The molecule has 3 aromatic rings. The smallest absolute Gasteiger partial charge is 0.227 e. The Labute approximate surface area is 221 Å². The van der Waals surface area contributed by atoms with Gasteiger partial charge in [0.05, 0.1) is 38.8 Å². The molecule has 0 bridgehead atoms. The maximum atomic E-state index is 14.5. The molecule has 0 saturated carbocycles. The van der Waals surface area contributed by atoms with E-state index in [4.69, 9.17) is 28.4 Å². The van der Waals surface area contributed by atoms with Gasteiger partial charge >= 0.3 is 0 Å². The summed E-state index contributed by atoms with van der Waals surface area (Å²) in [5.74, 6) is -0.750. The standard InChI is InChI=1S/C27H33F2N3O6/c1-6-35-14-20(36-7-2)15-38-22-9-8-18(10-17(22)3)32-27-30-12-19(13-31-27)37-16-21-25(28)23(33-4)11-24(34-5)26(21)29/h8-13,20H,6-7,14-16H2,1-5H3,(H,30,31,32). The van der Waals surface area contributed by atoms with Crippen LogP contribution >= 0.6 is 0 Å². The van der Waals surface area contributed by atoms with Crippen molar-refractivity contribution in [3.05, 3.63) is 59.4 Å². The van der Waals surface area contributed by atoms with Gasteiger partial charge in [-0.1, -0.05) is 0 Å². The molecule has 0 spiro atoms. The number of rotatable bonds is 15. The fraction of sp³-hybridized carbons (Fsp3) is 0.407. The molecule has 0 aliphatic carbocycles. The van der Waals surface area contributed by atoms with Gasteiger partial charge in [-0.3, -0.25) is 0 Å². The average molecular weight is 534 g/mol. The molecule has 9 nitrogen and oxygen atoms in total. The van der Waals surface area contributed by atoms with E-state index in [1.807, 2.05) is 39.0 Å². The number of anilines is 2. The van der Waals surface area contributed by atoms with E-state index in [0.717, 1.165) is 23.1 Å². The number of hydrogen-bond acceptors (Lipinski definition) is 9. The predicted octanol–water partition coefficient (Wildman–Crippen LogP) is 5.22. The minimum Gasteiger partial charge on any atom is -0.494 e. The highest BCUT2D eigenvalue weighted by Gasteiger charge is 2.20. The van der Waals surface area contributed by atoms with Crippen LogP contribution in [0.5, 0.6) is 23.0 Å². The minimum absolute atomic E-state index is 0.148. The lowest BCUT2D eigenvalue weighted by Gasteiger charge is -2.18. The number of nitrogens with zero attached hydrogens (tertiary/aromatic N) is 2. The first-order valence-corrected chi connectivity index (χ1v) is 12.1. The van der Waals surface area contributed by atoms with E-state index in [0.29, 0.717) is 32.4 Å². The van der Waals surface area contributed by atoms with Crippen molar-refractivity contribution in [2.24, 2.45) is 0 Å². The number of benzene rings is 2. The summed E-state index contributed by atoms with van der Waals surface area (Å²) in [4.78, 5) is 8.43. The van der Waals surface area contributed by atoms with Crippen molar-refractivity contribution in [1.82, 2.24) is 9.97 Å². The third-order valence-electron chi connectivity index (χ3n) is 5.44. The molecular formula is C27H33F2N3O6. The van der Waals surface area contributed by atoms with Gasteiger partial charge in [0, 0.05) is 25.0 Å². The fourth-order valence-corrected chi connectivity index (χ4v) is 3.50. The van der Waals surface area contributed by atoms with E-state index >= 15 is 0 Å². The van der Waals surface area contributed by atoms with Gasteiger partial charge in [-0.2, -0.15) is 0 Å². The van der Waals surface area contributed by atoms with Gasteiger partial charge in [0.15, 0.2) is 28.9 Å². The number of halogens is 2. The molecule has 0 saturated heterocycles. The zero-order valence-electron chi connectivity index (χ0n) is 22.2. The third kappa shape index (κ3) is 7.65. The quantitative estimate of drug-likeness (QED) is 0.282. The maximum Gasteiger partial charge on any atom is 0.227 e. The normalized spacial score (nSPS) is 11.7. The summed E-state index contributed by atoms with van der Waals surface area (Å²) in [6.45, 7) is 7.44. The Morgan fingerprint density at radius 3 is 2.13 bits per heavy atom. The molecule has 2 aromatic carbocycles. The summed E-state index contributed by atoms with van der Waals surface area (Å²) in [6.07, 6.45) is 2.66. The fourth-order valence-electron chi connectivity index (χ4n) is 3.50. The monoisotopic (exact) mass is 533 g/mol. The first-order valence-electron chi connectivity index (χ1n) is 12.1. The second-order valence-electron chi connectivity index (χ2n) is 8.07. The van der Waals surface area contributed by atoms with Crippen LogP contribution in [0.25, 0.3) is 0 Å². The molecule has 206 valence electrons. The summed E-state index contributed by atoms with van der Waals surface area (Å²) < 4.78 is 61.5. The van der Waals surface area contributed by atoms with Crippen molar-refractivity contribution in [2.75, 3.05) is 46.0 Å². The number of hydrogen-bond donors (Lipinski definition) is 1. The molecule has 0 aliphatic heterocycles. The Hall–Kier alpha value is -3.70. The van der Waals surface area contributed by atoms with Crippen LogP contribution in [0.2, 0.25) is 0 Å². The van der Waals surface area contributed by atoms with Crippen LogP contribution in [-0.2, 0) is 16.1 Å². The highest BCUT2D eigenvalue weighted by atomic mass is 19.1. The Bertz CT molecular complexity index is 1150. The SMILES string of the molecule is CCOCC(COc1ccc(Nc2ncc(OCc3c(F)c(OC)cc(OC)c3F)cn2)cc1C)OCC. The highest BCUT2D eigenvalue weighted by Crippen LogP contribution is 2.32. The van der Waals surface area contributed by atoms with Gasteiger partial charge < -0.3 is 33.7 Å². The number of nitrogens with one attached hydrogen (secondary N) is 1. The molecule has 1 atom stereocenters. The Kier molecular flexibility index (Phi) is 10.9. The van der Waals surface area contributed by atoms with Gasteiger partial charge in [0.25, 0.3) is 0 Å². The lowest BCUT2D eigenvalue weighted by Crippen LogP contribution is -2.27. The summed E-state index contributed by atoms with van der Waals surface area (Å²) in [5, 5.41) is 3.10. The van der Waals surface area contributed by atoms with Crippen molar-refractivity contribution in [3.63, 3.8) is 0 Å². The first kappa shape index (κ1) is 28.9. The molecule has 0 aliphatic rings. The van der Waals surface area contributed by atoms with Crippen LogP contribution in [0.15, 0.2) is 36.7 Å². The number of methoxy groups -OCH3 is 2. The summed E-state index contributed by atoms with van der Waals surface area (Å²) in [5.41, 5.74) is 1.35. The van der Waals surface area contributed by atoms with E-state index in [9.17, 15) is 8.78 Å². The molecule has 1 heterocycles. The van der Waals surface area contributed by atoms with Crippen LogP contribution in [0.1, 0.15) is 25.0 Å². The Balaban J connectivity index is 1.59. The molecule has 11 heteroatoms. The van der Waals surface area contributed by atoms with Gasteiger partial charge in [0.2, 0.25) is 5.95 Å². The van der Waals surface area contributed by atoms with E-state index in [-0.39, 0.29) is 28.9 Å². The van der Waals surface area contributed by atoms with Crippen molar-refractivity contribution in [3.8, 4) is 23.0 Å². The van der Waals surface area contributed by atoms with Gasteiger partial charge in [0.1, 0.15) is 25.1 Å². The van der Waals surface area contributed by atoms with Crippen molar-refractivity contribution < 1.29 is 37.2 Å². The number of aryl methyl sites for hydroxylation is 1. The summed E-state index contributed by atoms with van der Waals surface area (Å²) in [6, 6.07) is 6.74. The van der Waals surface area contributed by atoms with Crippen molar-refractivity contribution in [1.29, 1.82) is 0 Å². The van der Waals surface area contributed by atoms with Crippen LogP contribution in [0.3, 0.4) is 0 Å².